The molecule has 3 rings (SSSR count). The summed E-state index contributed by atoms with van der Waals surface area (Å²) in [6.45, 7) is 2.59. The predicted octanol–water partition coefficient (Wildman–Crippen LogP) is 1.34. The molecule has 0 radical (unpaired) electrons. The molecule has 1 aromatic rings. The van der Waals surface area contributed by atoms with Crippen LogP contribution in [0.1, 0.15) is 36.7 Å². The van der Waals surface area contributed by atoms with E-state index in [0.29, 0.717) is 37.9 Å². The van der Waals surface area contributed by atoms with E-state index in [1.807, 2.05) is 7.05 Å². The van der Waals surface area contributed by atoms with Crippen molar-refractivity contribution in [2.45, 2.75) is 37.8 Å². The number of aromatic nitrogens is 2. The SMILES string of the molecule is COCc1nc(C2CC(N)C2)cc(N2CCC(=O)N(C)CC2)n1.Cl.Cl. The summed E-state index contributed by atoms with van der Waals surface area (Å²) < 4.78 is 5.21. The fourth-order valence-corrected chi connectivity index (χ4v) is 3.13. The molecule has 2 N–H and O–H groups in total. The average molecular weight is 392 g/mol. The number of carbonyl (C=O) groups excluding carboxylic acids is 1. The van der Waals surface area contributed by atoms with Crippen molar-refractivity contribution in [3.05, 3.63) is 17.6 Å². The fraction of sp³-hybridized carbons (Fsp3) is 0.688. The highest BCUT2D eigenvalue weighted by atomic mass is 35.5. The van der Waals surface area contributed by atoms with Crippen LogP contribution in [0.15, 0.2) is 6.07 Å². The molecule has 1 amide bonds. The highest BCUT2D eigenvalue weighted by molar-refractivity contribution is 5.85. The van der Waals surface area contributed by atoms with Crippen LogP contribution in [0, 0.1) is 0 Å². The summed E-state index contributed by atoms with van der Waals surface area (Å²) in [6, 6.07) is 2.35. The minimum atomic E-state index is 0. The molecule has 2 aliphatic rings. The number of nitrogens with two attached hydrogens (primary N) is 1. The van der Waals surface area contributed by atoms with Crippen molar-refractivity contribution in [3.8, 4) is 0 Å². The van der Waals surface area contributed by atoms with Crippen LogP contribution in [0.25, 0.3) is 0 Å². The number of amides is 1. The topological polar surface area (TPSA) is 84.6 Å². The van der Waals surface area contributed by atoms with E-state index in [2.05, 4.69) is 20.9 Å². The lowest BCUT2D eigenvalue weighted by atomic mass is 9.78. The lowest BCUT2D eigenvalue weighted by Gasteiger charge is -2.33. The van der Waals surface area contributed by atoms with Gasteiger partial charge in [0.2, 0.25) is 5.91 Å². The third-order valence-corrected chi connectivity index (χ3v) is 4.70. The number of anilines is 1. The summed E-state index contributed by atoms with van der Waals surface area (Å²) in [5.41, 5.74) is 6.96. The van der Waals surface area contributed by atoms with E-state index in [1.165, 1.54) is 0 Å². The van der Waals surface area contributed by atoms with Gasteiger partial charge in [0.1, 0.15) is 12.4 Å². The second-order valence-electron chi connectivity index (χ2n) is 6.48. The Morgan fingerprint density at radius 1 is 1.24 bits per heavy atom. The van der Waals surface area contributed by atoms with Gasteiger partial charge in [-0.25, -0.2) is 9.97 Å². The Bertz CT molecular complexity index is 584. The van der Waals surface area contributed by atoms with E-state index < -0.39 is 0 Å². The van der Waals surface area contributed by atoms with Gasteiger partial charge >= 0.3 is 0 Å². The van der Waals surface area contributed by atoms with Gasteiger partial charge < -0.3 is 20.3 Å². The van der Waals surface area contributed by atoms with E-state index in [0.717, 1.165) is 30.9 Å². The number of ether oxygens (including phenoxy) is 1. The summed E-state index contributed by atoms with van der Waals surface area (Å²) >= 11 is 0. The molecule has 0 bridgehead atoms. The van der Waals surface area contributed by atoms with Crippen molar-refractivity contribution in [2.24, 2.45) is 5.73 Å². The Morgan fingerprint density at radius 2 is 1.96 bits per heavy atom. The zero-order chi connectivity index (χ0) is 16.4. The smallest absolute Gasteiger partial charge is 0.224 e. The first-order valence-electron chi connectivity index (χ1n) is 8.18. The number of halogens is 2. The number of hydrogen-bond acceptors (Lipinski definition) is 6. The first-order chi connectivity index (χ1) is 11.1. The van der Waals surface area contributed by atoms with Gasteiger partial charge in [-0.15, -0.1) is 24.8 Å². The molecule has 1 aliphatic heterocycles. The zero-order valence-corrected chi connectivity index (χ0v) is 16.3. The number of hydrogen-bond donors (Lipinski definition) is 1. The highest BCUT2D eigenvalue weighted by Crippen LogP contribution is 2.35. The van der Waals surface area contributed by atoms with Crippen LogP contribution in [0.5, 0.6) is 0 Å². The Kier molecular flexibility index (Phi) is 8.34. The van der Waals surface area contributed by atoms with Crippen LogP contribution in [0.4, 0.5) is 5.82 Å². The van der Waals surface area contributed by atoms with E-state index in [9.17, 15) is 4.79 Å². The summed E-state index contributed by atoms with van der Waals surface area (Å²) in [5, 5.41) is 0. The zero-order valence-electron chi connectivity index (χ0n) is 14.7. The summed E-state index contributed by atoms with van der Waals surface area (Å²) in [4.78, 5) is 25.1. The van der Waals surface area contributed by atoms with Crippen LogP contribution in [-0.2, 0) is 16.1 Å². The maximum atomic E-state index is 11.9. The van der Waals surface area contributed by atoms with E-state index in [1.54, 1.807) is 12.0 Å². The van der Waals surface area contributed by atoms with Crippen LogP contribution < -0.4 is 10.6 Å². The van der Waals surface area contributed by atoms with Crippen molar-refractivity contribution < 1.29 is 9.53 Å². The van der Waals surface area contributed by atoms with Crippen molar-refractivity contribution in [1.29, 1.82) is 0 Å². The van der Waals surface area contributed by atoms with Crippen molar-refractivity contribution in [1.82, 2.24) is 14.9 Å². The second-order valence-corrected chi connectivity index (χ2v) is 6.48. The van der Waals surface area contributed by atoms with Gasteiger partial charge in [0.05, 0.1) is 0 Å². The lowest BCUT2D eigenvalue weighted by molar-refractivity contribution is -0.129. The lowest BCUT2D eigenvalue weighted by Crippen LogP contribution is -2.36. The summed E-state index contributed by atoms with van der Waals surface area (Å²) in [5.74, 6) is 2.19. The van der Waals surface area contributed by atoms with Crippen molar-refractivity contribution in [3.63, 3.8) is 0 Å². The Balaban J connectivity index is 0.00000156. The molecule has 0 unspecified atom stereocenters. The monoisotopic (exact) mass is 391 g/mol. The summed E-state index contributed by atoms with van der Waals surface area (Å²) in [7, 11) is 3.50. The molecule has 7 nitrogen and oxygen atoms in total. The van der Waals surface area contributed by atoms with Gasteiger partial charge in [0.25, 0.3) is 0 Å². The molecule has 0 aromatic carbocycles. The normalized spacial score (nSPS) is 23.2. The predicted molar refractivity (Wildman–Crippen MR) is 102 cm³/mol. The van der Waals surface area contributed by atoms with Crippen LogP contribution >= 0.6 is 24.8 Å². The molecule has 1 saturated carbocycles. The molecule has 1 aliphatic carbocycles. The van der Waals surface area contributed by atoms with Gasteiger partial charge in [-0.1, -0.05) is 0 Å². The number of carbonyl (C=O) groups is 1. The third-order valence-electron chi connectivity index (χ3n) is 4.70. The molecule has 2 heterocycles. The van der Waals surface area contributed by atoms with Gasteiger partial charge in [-0.2, -0.15) is 0 Å². The van der Waals surface area contributed by atoms with Crippen LogP contribution in [0.2, 0.25) is 0 Å². The molecule has 142 valence electrons. The summed E-state index contributed by atoms with van der Waals surface area (Å²) in [6.07, 6.45) is 2.47. The van der Waals surface area contributed by atoms with E-state index in [4.69, 9.17) is 10.5 Å². The standard InChI is InChI=1S/C16H25N5O2.2ClH/c1-20-5-6-21(4-3-16(20)22)15-9-13(11-7-12(17)8-11)18-14(19-15)10-23-2;;/h9,11-12H,3-8,10,17H2,1-2H3;2*1H. The number of likely N-dealkylation sites (N-methyl/N-ethyl adjacent to an activating group) is 1. The Hall–Kier alpha value is -1.15. The molecule has 0 atom stereocenters. The first-order valence-corrected chi connectivity index (χ1v) is 8.18. The van der Waals surface area contributed by atoms with Crippen molar-refractivity contribution >= 4 is 36.5 Å². The maximum absolute atomic E-state index is 11.9. The molecule has 2 fully saturated rings. The number of nitrogens with zero attached hydrogens (tertiary/aromatic N) is 4. The molecule has 9 heteroatoms. The molecular weight excluding hydrogens is 365 g/mol. The van der Waals surface area contributed by atoms with Gasteiger partial charge in [0.15, 0.2) is 5.82 Å². The minimum absolute atomic E-state index is 0. The average Bonchev–Trinajstić information content (AvgIpc) is 2.67. The Morgan fingerprint density at radius 3 is 2.60 bits per heavy atom. The molecule has 1 saturated heterocycles. The second kappa shape index (κ2) is 9.52. The van der Waals surface area contributed by atoms with E-state index in [-0.39, 0.29) is 36.8 Å². The third kappa shape index (κ3) is 5.17. The Labute approximate surface area is 161 Å². The van der Waals surface area contributed by atoms with Gasteiger partial charge in [0, 0.05) is 63.9 Å². The van der Waals surface area contributed by atoms with Gasteiger partial charge in [-0.3, -0.25) is 4.79 Å². The molecular formula is C16H27Cl2N5O2. The number of rotatable bonds is 4. The molecule has 1 aromatic heterocycles. The largest absolute Gasteiger partial charge is 0.377 e. The van der Waals surface area contributed by atoms with E-state index >= 15 is 0 Å². The highest BCUT2D eigenvalue weighted by Gasteiger charge is 2.30. The van der Waals surface area contributed by atoms with Gasteiger partial charge in [-0.05, 0) is 12.8 Å². The minimum Gasteiger partial charge on any atom is -0.377 e. The van der Waals surface area contributed by atoms with Crippen LogP contribution in [0.3, 0.4) is 0 Å². The maximum Gasteiger partial charge on any atom is 0.224 e. The molecule has 25 heavy (non-hydrogen) atoms. The quantitative estimate of drug-likeness (QED) is 0.833. The number of methoxy groups -OCH3 is 1. The van der Waals surface area contributed by atoms with Crippen molar-refractivity contribution in [2.75, 3.05) is 38.7 Å². The first kappa shape index (κ1) is 21.9. The van der Waals surface area contributed by atoms with Crippen LogP contribution in [-0.4, -0.2) is 60.6 Å². The fourth-order valence-electron chi connectivity index (χ4n) is 3.13. The molecule has 0 spiro atoms.